The average Bonchev–Trinajstić information content (AvgIpc) is 2.67. The Labute approximate surface area is 163 Å². The van der Waals surface area contributed by atoms with Crippen molar-refractivity contribution in [2.75, 3.05) is 39.9 Å². The summed E-state index contributed by atoms with van der Waals surface area (Å²) < 4.78 is 5.43. The fourth-order valence-corrected chi connectivity index (χ4v) is 4.64. The molecule has 1 aromatic rings. The highest BCUT2D eigenvalue weighted by Gasteiger charge is 2.40. The maximum absolute atomic E-state index is 12.2. The van der Waals surface area contributed by atoms with Crippen molar-refractivity contribution in [3.8, 4) is 5.75 Å². The third kappa shape index (κ3) is 4.64. The highest BCUT2D eigenvalue weighted by atomic mass is 16.5. The Hall–Kier alpha value is -1.59. The minimum atomic E-state index is 0.158. The number of benzene rings is 1. The van der Waals surface area contributed by atoms with E-state index in [4.69, 9.17) is 9.84 Å². The molecule has 0 aromatic heterocycles. The molecule has 1 N–H and O–H groups in total. The first-order chi connectivity index (χ1) is 13.0. The molecule has 2 heterocycles. The zero-order chi connectivity index (χ0) is 19.4. The number of aryl methyl sites for hydroxylation is 2. The van der Waals surface area contributed by atoms with Gasteiger partial charge in [-0.3, -0.25) is 9.69 Å². The van der Waals surface area contributed by atoms with Crippen molar-refractivity contribution in [3.63, 3.8) is 0 Å². The monoisotopic (exact) mass is 374 g/mol. The number of nitrogens with zero attached hydrogens (tertiary/aromatic N) is 2. The van der Waals surface area contributed by atoms with Crippen molar-refractivity contribution in [2.45, 2.75) is 52.5 Å². The molecule has 0 aliphatic carbocycles. The molecule has 2 aliphatic heterocycles. The molecule has 1 aromatic carbocycles. The van der Waals surface area contributed by atoms with Gasteiger partial charge in [0.15, 0.2) is 0 Å². The number of hydrogen-bond donors (Lipinski definition) is 1. The number of methoxy groups -OCH3 is 1. The molecule has 0 saturated carbocycles. The van der Waals surface area contributed by atoms with Crippen LogP contribution < -0.4 is 4.74 Å². The summed E-state index contributed by atoms with van der Waals surface area (Å²) in [7, 11) is 1.73. The van der Waals surface area contributed by atoms with E-state index in [1.807, 2.05) is 4.90 Å². The fourth-order valence-electron chi connectivity index (χ4n) is 4.64. The van der Waals surface area contributed by atoms with E-state index in [-0.39, 0.29) is 17.9 Å². The first-order valence-electron chi connectivity index (χ1n) is 10.2. The smallest absolute Gasteiger partial charge is 0.222 e. The van der Waals surface area contributed by atoms with E-state index >= 15 is 0 Å². The fraction of sp³-hybridized carbons (Fsp3) is 0.682. The highest BCUT2D eigenvalue weighted by Crippen LogP contribution is 2.40. The molecule has 2 saturated heterocycles. The molecular formula is C22H34N2O3. The molecule has 5 heteroatoms. The number of rotatable bonds is 6. The lowest BCUT2D eigenvalue weighted by Gasteiger charge is -2.47. The summed E-state index contributed by atoms with van der Waals surface area (Å²) in [5.74, 6) is 1.23. The molecule has 5 nitrogen and oxygen atoms in total. The molecule has 0 radical (unpaired) electrons. The Bertz CT molecular complexity index is 666. The van der Waals surface area contributed by atoms with Crippen LogP contribution in [0, 0.1) is 19.3 Å². The second kappa shape index (κ2) is 8.61. The van der Waals surface area contributed by atoms with Gasteiger partial charge in [-0.1, -0.05) is 6.07 Å². The van der Waals surface area contributed by atoms with E-state index < -0.39 is 0 Å². The number of hydrogen-bond acceptors (Lipinski definition) is 4. The van der Waals surface area contributed by atoms with Crippen LogP contribution in [0.4, 0.5) is 0 Å². The Kier molecular flexibility index (Phi) is 6.43. The van der Waals surface area contributed by atoms with Gasteiger partial charge >= 0.3 is 0 Å². The van der Waals surface area contributed by atoms with Gasteiger partial charge < -0.3 is 14.7 Å². The number of likely N-dealkylation sites (tertiary alicyclic amines) is 2. The number of carbonyl (C=O) groups is 1. The predicted molar refractivity (Wildman–Crippen MR) is 107 cm³/mol. The van der Waals surface area contributed by atoms with Gasteiger partial charge in [-0.15, -0.1) is 0 Å². The van der Waals surface area contributed by atoms with Crippen LogP contribution >= 0.6 is 0 Å². The van der Waals surface area contributed by atoms with Crippen LogP contribution in [0.1, 0.15) is 48.8 Å². The lowest BCUT2D eigenvalue weighted by Crippen LogP contribution is -2.51. The largest absolute Gasteiger partial charge is 0.496 e. The summed E-state index contributed by atoms with van der Waals surface area (Å²) in [6.45, 7) is 9.16. The van der Waals surface area contributed by atoms with Crippen LogP contribution in [-0.4, -0.2) is 60.7 Å². The van der Waals surface area contributed by atoms with Crippen molar-refractivity contribution < 1.29 is 14.6 Å². The Morgan fingerprint density at radius 2 is 1.89 bits per heavy atom. The lowest BCUT2D eigenvalue weighted by atomic mass is 9.72. The van der Waals surface area contributed by atoms with Gasteiger partial charge in [0.25, 0.3) is 0 Å². The lowest BCUT2D eigenvalue weighted by molar-refractivity contribution is -0.139. The third-order valence-corrected chi connectivity index (χ3v) is 6.50. The molecule has 0 unspecified atom stereocenters. The van der Waals surface area contributed by atoms with Gasteiger partial charge in [0, 0.05) is 32.7 Å². The van der Waals surface area contributed by atoms with E-state index in [1.54, 1.807) is 7.11 Å². The van der Waals surface area contributed by atoms with Crippen LogP contribution in [0.15, 0.2) is 12.1 Å². The number of ether oxygens (including phenoxy) is 1. The number of aliphatic hydroxyl groups excluding tert-OH is 1. The van der Waals surface area contributed by atoms with Gasteiger partial charge in [-0.2, -0.15) is 0 Å². The summed E-state index contributed by atoms with van der Waals surface area (Å²) in [5.41, 5.74) is 4.14. The summed E-state index contributed by atoms with van der Waals surface area (Å²) in [6.07, 6.45) is 4.69. The van der Waals surface area contributed by atoms with Crippen molar-refractivity contribution >= 4 is 5.91 Å². The first kappa shape index (κ1) is 20.2. The minimum Gasteiger partial charge on any atom is -0.496 e. The second-order valence-corrected chi connectivity index (χ2v) is 8.42. The maximum atomic E-state index is 12.2. The van der Waals surface area contributed by atoms with Gasteiger partial charge in [0.1, 0.15) is 5.75 Å². The van der Waals surface area contributed by atoms with Gasteiger partial charge in [0.05, 0.1) is 7.11 Å². The normalized spacial score (nSPS) is 20.3. The molecule has 2 aliphatic rings. The van der Waals surface area contributed by atoms with Crippen LogP contribution in [0.25, 0.3) is 0 Å². The van der Waals surface area contributed by atoms with Crippen LogP contribution in [0.3, 0.4) is 0 Å². The van der Waals surface area contributed by atoms with Gasteiger partial charge in [-0.25, -0.2) is 0 Å². The molecule has 150 valence electrons. The van der Waals surface area contributed by atoms with Crippen molar-refractivity contribution in [1.82, 2.24) is 9.80 Å². The van der Waals surface area contributed by atoms with E-state index in [9.17, 15) is 4.79 Å². The number of amides is 1. The molecule has 1 amide bonds. The number of aliphatic hydroxyl groups is 1. The predicted octanol–water partition coefficient (Wildman–Crippen LogP) is 2.90. The summed E-state index contributed by atoms with van der Waals surface area (Å²) >= 11 is 0. The third-order valence-electron chi connectivity index (χ3n) is 6.50. The minimum absolute atomic E-state index is 0.158. The van der Waals surface area contributed by atoms with Crippen molar-refractivity contribution in [1.29, 1.82) is 0 Å². The Morgan fingerprint density at radius 3 is 2.56 bits per heavy atom. The summed E-state index contributed by atoms with van der Waals surface area (Å²) in [5, 5.41) is 9.08. The first-order valence-corrected chi connectivity index (χ1v) is 10.2. The second-order valence-electron chi connectivity index (χ2n) is 8.42. The van der Waals surface area contributed by atoms with Crippen molar-refractivity contribution in [3.05, 3.63) is 28.8 Å². The van der Waals surface area contributed by atoms with E-state index in [1.165, 1.54) is 16.7 Å². The zero-order valence-corrected chi connectivity index (χ0v) is 17.1. The van der Waals surface area contributed by atoms with E-state index in [0.717, 1.165) is 51.2 Å². The van der Waals surface area contributed by atoms with Gasteiger partial charge in [-0.05, 0) is 80.8 Å². The van der Waals surface area contributed by atoms with Gasteiger partial charge in [0.2, 0.25) is 5.91 Å². The Morgan fingerprint density at radius 1 is 1.15 bits per heavy atom. The highest BCUT2D eigenvalue weighted by molar-refractivity contribution is 5.77. The topological polar surface area (TPSA) is 53.0 Å². The molecule has 0 atom stereocenters. The van der Waals surface area contributed by atoms with Crippen LogP contribution in [0.5, 0.6) is 5.75 Å². The Balaban J connectivity index is 1.59. The average molecular weight is 375 g/mol. The summed E-state index contributed by atoms with van der Waals surface area (Å²) in [6, 6.07) is 4.40. The number of carbonyl (C=O) groups excluding carboxylic acids is 1. The molecule has 1 spiro atoms. The number of piperidine rings is 2. The van der Waals surface area contributed by atoms with Crippen molar-refractivity contribution in [2.24, 2.45) is 5.41 Å². The molecule has 3 rings (SSSR count). The van der Waals surface area contributed by atoms with Crippen LogP contribution in [0.2, 0.25) is 0 Å². The molecule has 27 heavy (non-hydrogen) atoms. The van der Waals surface area contributed by atoms with Crippen LogP contribution in [-0.2, 0) is 11.3 Å². The molecule has 0 bridgehead atoms. The van der Waals surface area contributed by atoms with E-state index in [0.29, 0.717) is 19.4 Å². The zero-order valence-electron chi connectivity index (χ0n) is 17.1. The standard InChI is InChI=1S/C22H34N2O3/c1-17-14-20(27-3)18(2)13-19(17)15-23-10-7-22(8-11-23)6-5-21(26)24(16-22)9-4-12-25/h13-14,25H,4-12,15-16H2,1-3H3. The summed E-state index contributed by atoms with van der Waals surface area (Å²) in [4.78, 5) is 16.7. The SMILES string of the molecule is COc1cc(C)c(CN2CCC3(CCC(=O)N(CCCO)C3)CC2)cc1C. The maximum Gasteiger partial charge on any atom is 0.222 e. The quantitative estimate of drug-likeness (QED) is 0.832. The van der Waals surface area contributed by atoms with E-state index in [2.05, 4.69) is 30.9 Å². The molecular weight excluding hydrogens is 340 g/mol. The molecule has 2 fully saturated rings.